The van der Waals surface area contributed by atoms with Gasteiger partial charge < -0.3 is 5.11 Å². The zero-order valence-corrected chi connectivity index (χ0v) is 9.74. The summed E-state index contributed by atoms with van der Waals surface area (Å²) in [6.45, 7) is 2.91. The van der Waals surface area contributed by atoms with E-state index in [9.17, 15) is 5.11 Å². The van der Waals surface area contributed by atoms with Crippen molar-refractivity contribution in [3.05, 3.63) is 16.9 Å². The van der Waals surface area contributed by atoms with Crippen molar-refractivity contribution in [2.75, 3.05) is 0 Å². The second-order valence-electron chi connectivity index (χ2n) is 4.30. The number of aliphatic hydroxyl groups is 1. The van der Waals surface area contributed by atoms with Crippen molar-refractivity contribution in [2.24, 2.45) is 5.92 Å². The standard InChI is InChI=1S/C11H17ClN2O/c1-2-5-14-11(9(12)7-13-14)10(15)6-8-3-4-8/h7-8,10,15H,2-6H2,1H3. The first-order valence-corrected chi connectivity index (χ1v) is 5.99. The summed E-state index contributed by atoms with van der Waals surface area (Å²) in [6.07, 6.45) is 5.51. The SMILES string of the molecule is CCCn1ncc(Cl)c1C(O)CC1CC1. The summed E-state index contributed by atoms with van der Waals surface area (Å²) in [6, 6.07) is 0. The van der Waals surface area contributed by atoms with Gasteiger partial charge in [-0.05, 0) is 18.8 Å². The van der Waals surface area contributed by atoms with Gasteiger partial charge in [-0.1, -0.05) is 31.4 Å². The van der Waals surface area contributed by atoms with Crippen LogP contribution in [0.5, 0.6) is 0 Å². The van der Waals surface area contributed by atoms with Crippen molar-refractivity contribution in [1.29, 1.82) is 0 Å². The van der Waals surface area contributed by atoms with Crippen LogP contribution in [0.25, 0.3) is 0 Å². The molecule has 1 fully saturated rings. The highest BCUT2D eigenvalue weighted by molar-refractivity contribution is 6.31. The molecule has 1 atom stereocenters. The van der Waals surface area contributed by atoms with Crippen LogP contribution < -0.4 is 0 Å². The van der Waals surface area contributed by atoms with Crippen LogP contribution >= 0.6 is 11.6 Å². The molecular formula is C11H17ClN2O. The van der Waals surface area contributed by atoms with Crippen LogP contribution in [0.3, 0.4) is 0 Å². The van der Waals surface area contributed by atoms with Gasteiger partial charge in [0.2, 0.25) is 0 Å². The highest BCUT2D eigenvalue weighted by Gasteiger charge is 2.28. The van der Waals surface area contributed by atoms with Crippen molar-refractivity contribution in [1.82, 2.24) is 9.78 Å². The molecule has 15 heavy (non-hydrogen) atoms. The molecule has 1 aromatic heterocycles. The lowest BCUT2D eigenvalue weighted by atomic mass is 10.1. The highest BCUT2D eigenvalue weighted by atomic mass is 35.5. The number of hydrogen-bond acceptors (Lipinski definition) is 2. The molecule has 0 aliphatic heterocycles. The molecule has 1 unspecified atom stereocenters. The third-order valence-corrected chi connectivity index (χ3v) is 3.13. The Morgan fingerprint density at radius 3 is 3.00 bits per heavy atom. The minimum atomic E-state index is -0.445. The highest BCUT2D eigenvalue weighted by Crippen LogP contribution is 2.38. The smallest absolute Gasteiger partial charge is 0.0974 e. The van der Waals surface area contributed by atoms with Crippen LogP contribution in [-0.4, -0.2) is 14.9 Å². The molecule has 0 bridgehead atoms. The van der Waals surface area contributed by atoms with Gasteiger partial charge in [0.05, 0.1) is 23.0 Å². The summed E-state index contributed by atoms with van der Waals surface area (Å²) in [5.41, 5.74) is 0.797. The minimum Gasteiger partial charge on any atom is -0.387 e. The normalized spacial score (nSPS) is 18.1. The molecular weight excluding hydrogens is 212 g/mol. The lowest BCUT2D eigenvalue weighted by molar-refractivity contribution is 0.149. The Labute approximate surface area is 95.0 Å². The molecule has 4 heteroatoms. The lowest BCUT2D eigenvalue weighted by Gasteiger charge is -2.13. The molecule has 1 N–H and O–H groups in total. The van der Waals surface area contributed by atoms with Crippen LogP contribution in [0.1, 0.15) is 44.4 Å². The van der Waals surface area contributed by atoms with Gasteiger partial charge in [-0.3, -0.25) is 4.68 Å². The van der Waals surface area contributed by atoms with E-state index in [4.69, 9.17) is 11.6 Å². The topological polar surface area (TPSA) is 38.0 Å². The van der Waals surface area contributed by atoms with E-state index in [0.717, 1.165) is 25.1 Å². The zero-order chi connectivity index (χ0) is 10.8. The van der Waals surface area contributed by atoms with Crippen LogP contribution in [0, 0.1) is 5.92 Å². The van der Waals surface area contributed by atoms with Crippen molar-refractivity contribution in [2.45, 2.75) is 45.3 Å². The second-order valence-corrected chi connectivity index (χ2v) is 4.70. The number of aliphatic hydroxyl groups excluding tert-OH is 1. The van der Waals surface area contributed by atoms with Gasteiger partial charge in [0.15, 0.2) is 0 Å². The Morgan fingerprint density at radius 2 is 2.40 bits per heavy atom. The Bertz CT molecular complexity index is 333. The van der Waals surface area contributed by atoms with E-state index in [2.05, 4.69) is 12.0 Å². The number of hydrogen-bond donors (Lipinski definition) is 1. The van der Waals surface area contributed by atoms with Gasteiger partial charge in [-0.15, -0.1) is 0 Å². The molecule has 0 aromatic carbocycles. The van der Waals surface area contributed by atoms with Gasteiger partial charge in [0.1, 0.15) is 0 Å². The summed E-state index contributed by atoms with van der Waals surface area (Å²) in [5, 5.41) is 14.8. The molecule has 0 spiro atoms. The molecule has 1 aromatic rings. The first-order chi connectivity index (χ1) is 7.22. The largest absolute Gasteiger partial charge is 0.387 e. The summed E-state index contributed by atoms with van der Waals surface area (Å²) >= 11 is 6.04. The van der Waals surface area contributed by atoms with Crippen molar-refractivity contribution < 1.29 is 5.11 Å². The van der Waals surface area contributed by atoms with Crippen molar-refractivity contribution in [3.63, 3.8) is 0 Å². The molecule has 1 saturated carbocycles. The second kappa shape index (κ2) is 4.54. The molecule has 0 saturated heterocycles. The lowest BCUT2D eigenvalue weighted by Crippen LogP contribution is -2.10. The minimum absolute atomic E-state index is 0.445. The Kier molecular flexibility index (Phi) is 3.32. The monoisotopic (exact) mass is 228 g/mol. The average molecular weight is 229 g/mol. The van der Waals surface area contributed by atoms with Crippen molar-refractivity contribution in [3.8, 4) is 0 Å². The molecule has 84 valence electrons. The maximum atomic E-state index is 10.1. The fourth-order valence-electron chi connectivity index (χ4n) is 1.87. The fourth-order valence-corrected chi connectivity index (χ4v) is 2.14. The summed E-state index contributed by atoms with van der Waals surface area (Å²) in [5.74, 6) is 0.695. The average Bonchev–Trinajstić information content (AvgIpc) is 2.91. The van der Waals surface area contributed by atoms with E-state index in [-0.39, 0.29) is 0 Å². The molecule has 1 heterocycles. The first kappa shape index (κ1) is 11.0. The number of rotatable bonds is 5. The number of aromatic nitrogens is 2. The maximum Gasteiger partial charge on any atom is 0.0974 e. The molecule has 2 rings (SSSR count). The number of aryl methyl sites for hydroxylation is 1. The van der Waals surface area contributed by atoms with Gasteiger partial charge >= 0.3 is 0 Å². The molecule has 1 aliphatic carbocycles. The summed E-state index contributed by atoms with van der Waals surface area (Å²) < 4.78 is 1.83. The van der Waals surface area contributed by atoms with Gasteiger partial charge in [0, 0.05) is 6.54 Å². The predicted molar refractivity (Wildman–Crippen MR) is 59.8 cm³/mol. The maximum absolute atomic E-state index is 10.1. The van der Waals surface area contributed by atoms with Crippen molar-refractivity contribution >= 4 is 11.6 Å². The number of nitrogens with zero attached hydrogens (tertiary/aromatic N) is 2. The Morgan fingerprint density at radius 1 is 1.67 bits per heavy atom. The van der Waals surface area contributed by atoms with Crippen LogP contribution in [0.2, 0.25) is 5.02 Å². The van der Waals surface area contributed by atoms with E-state index in [0.29, 0.717) is 10.9 Å². The fraction of sp³-hybridized carbons (Fsp3) is 0.727. The first-order valence-electron chi connectivity index (χ1n) is 5.61. The van der Waals surface area contributed by atoms with Gasteiger partial charge in [-0.25, -0.2) is 0 Å². The zero-order valence-electron chi connectivity index (χ0n) is 8.99. The molecule has 3 nitrogen and oxygen atoms in total. The predicted octanol–water partition coefficient (Wildman–Crippen LogP) is 2.78. The van der Waals surface area contributed by atoms with Crippen LogP contribution in [0.15, 0.2) is 6.20 Å². The molecule has 1 aliphatic rings. The molecule has 0 radical (unpaired) electrons. The van der Waals surface area contributed by atoms with E-state index in [1.807, 2.05) is 4.68 Å². The number of halogens is 1. The Balaban J connectivity index is 2.11. The third-order valence-electron chi connectivity index (χ3n) is 2.84. The van der Waals surface area contributed by atoms with E-state index >= 15 is 0 Å². The van der Waals surface area contributed by atoms with Gasteiger partial charge in [0.25, 0.3) is 0 Å². The van der Waals surface area contributed by atoms with E-state index in [1.54, 1.807) is 6.20 Å². The van der Waals surface area contributed by atoms with Crippen LogP contribution in [-0.2, 0) is 6.54 Å². The van der Waals surface area contributed by atoms with E-state index in [1.165, 1.54) is 12.8 Å². The van der Waals surface area contributed by atoms with Gasteiger partial charge in [-0.2, -0.15) is 5.10 Å². The molecule has 0 amide bonds. The summed E-state index contributed by atoms with van der Waals surface area (Å²) in [4.78, 5) is 0. The Hall–Kier alpha value is -0.540. The third kappa shape index (κ3) is 2.52. The van der Waals surface area contributed by atoms with E-state index < -0.39 is 6.10 Å². The van der Waals surface area contributed by atoms with Crippen LogP contribution in [0.4, 0.5) is 0 Å². The quantitative estimate of drug-likeness (QED) is 0.842. The summed E-state index contributed by atoms with van der Waals surface area (Å²) in [7, 11) is 0.